The van der Waals surface area contributed by atoms with Gasteiger partial charge in [0, 0.05) is 5.57 Å². The minimum atomic E-state index is -0.411. The van der Waals surface area contributed by atoms with Gasteiger partial charge in [0.2, 0.25) is 0 Å². The highest BCUT2D eigenvalue weighted by Crippen LogP contribution is 2.43. The lowest BCUT2D eigenvalue weighted by Crippen LogP contribution is -2.53. The molecule has 1 spiro atoms. The standard InChI is InChI=1S/C31H50N2O3/c1-8-11-16-28(25(6)17-18-26(15-9-2)30(35)36-7)33-29(34)27(22-24(5)21-23(4)10-3)32-31(33)19-13-12-14-20-31/h10,17-18,24,28H,8-9,11-16,19-22H2,1-7H3. The number of ether oxygens (including phenoxy) is 1. The summed E-state index contributed by atoms with van der Waals surface area (Å²) in [5, 5.41) is 0. The number of hydrogen-bond donors (Lipinski definition) is 0. The van der Waals surface area contributed by atoms with Crippen LogP contribution in [0.2, 0.25) is 0 Å². The van der Waals surface area contributed by atoms with Crippen LogP contribution in [0.15, 0.2) is 39.9 Å². The molecule has 0 aromatic carbocycles. The number of unbranched alkanes of at least 4 members (excludes halogenated alkanes) is 1. The number of rotatable bonds is 13. The van der Waals surface area contributed by atoms with E-state index in [1.54, 1.807) is 0 Å². The van der Waals surface area contributed by atoms with Crippen molar-refractivity contribution in [1.82, 2.24) is 4.90 Å². The van der Waals surface area contributed by atoms with Gasteiger partial charge in [0.05, 0.1) is 13.2 Å². The maximum Gasteiger partial charge on any atom is 0.333 e. The second kappa shape index (κ2) is 14.5. The van der Waals surface area contributed by atoms with Gasteiger partial charge in [-0.15, -0.1) is 0 Å². The normalized spacial score (nSPS) is 20.5. The minimum Gasteiger partial charge on any atom is -0.466 e. The van der Waals surface area contributed by atoms with Crippen LogP contribution in [-0.4, -0.2) is 41.3 Å². The van der Waals surface area contributed by atoms with Crippen LogP contribution in [0.25, 0.3) is 0 Å². The third-order valence-electron chi connectivity index (χ3n) is 7.80. The summed E-state index contributed by atoms with van der Waals surface area (Å²) in [6.07, 6.45) is 17.7. The van der Waals surface area contributed by atoms with Crippen LogP contribution >= 0.6 is 0 Å². The molecular weight excluding hydrogens is 448 g/mol. The zero-order valence-corrected chi connectivity index (χ0v) is 24.0. The van der Waals surface area contributed by atoms with E-state index in [9.17, 15) is 9.59 Å². The molecule has 1 aliphatic heterocycles. The molecule has 0 radical (unpaired) electrons. The van der Waals surface area contributed by atoms with Crippen LogP contribution < -0.4 is 0 Å². The molecule has 0 N–H and O–H groups in total. The summed E-state index contributed by atoms with van der Waals surface area (Å²) >= 11 is 0. The first-order valence-electron chi connectivity index (χ1n) is 14.2. The number of hydrogen-bond acceptors (Lipinski definition) is 4. The van der Waals surface area contributed by atoms with Crippen LogP contribution in [0.1, 0.15) is 119 Å². The Hall–Kier alpha value is -2.17. The second-order valence-electron chi connectivity index (χ2n) is 10.9. The molecule has 1 heterocycles. The number of amides is 1. The van der Waals surface area contributed by atoms with Crippen LogP contribution in [0.3, 0.4) is 0 Å². The molecule has 2 aliphatic rings. The van der Waals surface area contributed by atoms with Crippen molar-refractivity contribution in [2.24, 2.45) is 10.9 Å². The highest BCUT2D eigenvalue weighted by molar-refractivity contribution is 6.40. The number of nitrogens with zero attached hydrogens (tertiary/aromatic N) is 2. The topological polar surface area (TPSA) is 59.0 Å². The molecule has 36 heavy (non-hydrogen) atoms. The van der Waals surface area contributed by atoms with Crippen LogP contribution in [0.5, 0.6) is 0 Å². The average Bonchev–Trinajstić information content (AvgIpc) is 3.11. The summed E-state index contributed by atoms with van der Waals surface area (Å²) in [5.41, 5.74) is 3.51. The number of carbonyl (C=O) groups is 2. The van der Waals surface area contributed by atoms with E-state index >= 15 is 0 Å². The Balaban J connectivity index is 2.44. The van der Waals surface area contributed by atoms with Gasteiger partial charge >= 0.3 is 5.97 Å². The lowest BCUT2D eigenvalue weighted by molar-refractivity contribution is -0.136. The molecular formula is C31H50N2O3. The molecule has 2 atom stereocenters. The summed E-state index contributed by atoms with van der Waals surface area (Å²) in [6.45, 7) is 12.8. The van der Waals surface area contributed by atoms with Gasteiger partial charge in [0.1, 0.15) is 11.4 Å². The van der Waals surface area contributed by atoms with E-state index in [1.807, 2.05) is 12.2 Å². The van der Waals surface area contributed by atoms with E-state index < -0.39 is 5.66 Å². The second-order valence-corrected chi connectivity index (χ2v) is 10.9. The summed E-state index contributed by atoms with van der Waals surface area (Å²) < 4.78 is 4.99. The van der Waals surface area contributed by atoms with Crippen molar-refractivity contribution in [3.05, 3.63) is 34.9 Å². The zero-order chi connectivity index (χ0) is 26.7. The van der Waals surface area contributed by atoms with E-state index in [4.69, 9.17) is 9.73 Å². The van der Waals surface area contributed by atoms with Gasteiger partial charge in [-0.05, 0) is 78.1 Å². The van der Waals surface area contributed by atoms with Gasteiger partial charge in [0.25, 0.3) is 5.91 Å². The summed E-state index contributed by atoms with van der Waals surface area (Å²) in [6, 6.07) is -0.0128. The maximum absolute atomic E-state index is 14.0. The smallest absolute Gasteiger partial charge is 0.333 e. The Morgan fingerprint density at radius 1 is 1.14 bits per heavy atom. The molecule has 1 amide bonds. The van der Waals surface area contributed by atoms with E-state index in [-0.39, 0.29) is 17.9 Å². The third-order valence-corrected chi connectivity index (χ3v) is 7.80. The van der Waals surface area contributed by atoms with Gasteiger partial charge in [-0.25, -0.2) is 4.79 Å². The van der Waals surface area contributed by atoms with Crippen molar-refractivity contribution < 1.29 is 14.3 Å². The molecule has 202 valence electrons. The van der Waals surface area contributed by atoms with Crippen molar-refractivity contribution in [2.75, 3.05) is 7.11 Å². The molecule has 0 bridgehead atoms. The number of methoxy groups -OCH3 is 1. The van der Waals surface area contributed by atoms with Crippen molar-refractivity contribution in [3.8, 4) is 0 Å². The average molecular weight is 499 g/mol. The fourth-order valence-electron chi connectivity index (χ4n) is 5.74. The van der Waals surface area contributed by atoms with Crippen molar-refractivity contribution in [2.45, 2.75) is 130 Å². The van der Waals surface area contributed by atoms with Crippen molar-refractivity contribution in [3.63, 3.8) is 0 Å². The lowest BCUT2D eigenvalue weighted by atomic mass is 9.86. The maximum atomic E-state index is 14.0. The number of aliphatic imine (C=N–C) groups is 1. The Morgan fingerprint density at radius 2 is 1.83 bits per heavy atom. The molecule has 2 unspecified atom stereocenters. The Labute approximate surface area is 220 Å². The molecule has 5 nitrogen and oxygen atoms in total. The van der Waals surface area contributed by atoms with Crippen molar-refractivity contribution >= 4 is 17.6 Å². The summed E-state index contributed by atoms with van der Waals surface area (Å²) in [7, 11) is 1.43. The molecule has 5 heteroatoms. The van der Waals surface area contributed by atoms with E-state index in [1.165, 1.54) is 19.1 Å². The Bertz CT molecular complexity index is 874. The monoisotopic (exact) mass is 498 g/mol. The quantitative estimate of drug-likeness (QED) is 0.113. The Kier molecular flexibility index (Phi) is 12.1. The summed E-state index contributed by atoms with van der Waals surface area (Å²) in [5.74, 6) is 0.235. The number of allylic oxidation sites excluding steroid dienone is 4. The van der Waals surface area contributed by atoms with Crippen LogP contribution in [-0.2, 0) is 14.3 Å². The fraction of sp³-hybridized carbons (Fsp3) is 0.710. The Morgan fingerprint density at radius 3 is 2.42 bits per heavy atom. The van der Waals surface area contributed by atoms with Gasteiger partial charge in [-0.2, -0.15) is 0 Å². The number of esters is 1. The zero-order valence-electron chi connectivity index (χ0n) is 24.0. The first-order chi connectivity index (χ1) is 17.2. The van der Waals surface area contributed by atoms with E-state index in [2.05, 4.69) is 52.5 Å². The summed E-state index contributed by atoms with van der Waals surface area (Å²) in [4.78, 5) is 33.7. The number of carbonyl (C=O) groups excluding carboxylic acids is 2. The molecule has 0 aromatic heterocycles. The van der Waals surface area contributed by atoms with Crippen LogP contribution in [0, 0.1) is 5.92 Å². The van der Waals surface area contributed by atoms with Gasteiger partial charge in [0.15, 0.2) is 0 Å². The first-order valence-corrected chi connectivity index (χ1v) is 14.2. The predicted octanol–water partition coefficient (Wildman–Crippen LogP) is 7.72. The predicted molar refractivity (Wildman–Crippen MR) is 150 cm³/mol. The largest absolute Gasteiger partial charge is 0.466 e. The molecule has 0 aromatic rings. The molecule has 0 saturated heterocycles. The van der Waals surface area contributed by atoms with Crippen molar-refractivity contribution in [1.29, 1.82) is 0 Å². The molecule has 1 saturated carbocycles. The van der Waals surface area contributed by atoms with Crippen LogP contribution in [0.4, 0.5) is 0 Å². The van der Waals surface area contributed by atoms with E-state index in [0.717, 1.165) is 75.5 Å². The van der Waals surface area contributed by atoms with Gasteiger partial charge in [-0.1, -0.05) is 75.8 Å². The SMILES string of the molecule is CC=C(C)CC(C)CC1=NC2(CCCCC2)N(C(CCCC)C(C)=CC=C(CCC)C(=O)OC)C1=O. The minimum absolute atomic E-state index is 0.0128. The lowest BCUT2D eigenvalue weighted by Gasteiger charge is -2.44. The molecule has 2 rings (SSSR count). The molecule has 1 aliphatic carbocycles. The first kappa shape index (κ1) is 30.1. The molecule has 1 fully saturated rings. The van der Waals surface area contributed by atoms with E-state index in [0.29, 0.717) is 17.9 Å². The fourth-order valence-corrected chi connectivity index (χ4v) is 5.74. The highest BCUT2D eigenvalue weighted by Gasteiger charge is 2.50. The highest BCUT2D eigenvalue weighted by atomic mass is 16.5. The van der Waals surface area contributed by atoms with Gasteiger partial charge in [-0.3, -0.25) is 9.79 Å². The van der Waals surface area contributed by atoms with Gasteiger partial charge < -0.3 is 9.64 Å². The third kappa shape index (κ3) is 7.66.